The van der Waals surface area contributed by atoms with Gasteiger partial charge in [-0.25, -0.2) is 13.2 Å². The molecule has 1 aromatic carbocycles. The third-order valence-corrected chi connectivity index (χ3v) is 2.46. The van der Waals surface area contributed by atoms with Crippen molar-refractivity contribution < 1.29 is 17.9 Å². The van der Waals surface area contributed by atoms with Crippen molar-refractivity contribution in [3.63, 3.8) is 0 Å². The Kier molecular flexibility index (Phi) is 5.44. The van der Waals surface area contributed by atoms with Crippen LogP contribution in [0, 0.1) is 12.7 Å². The summed E-state index contributed by atoms with van der Waals surface area (Å²) in [6.07, 6.45) is -2.08. The molecule has 0 aliphatic heterocycles. The van der Waals surface area contributed by atoms with E-state index in [-0.39, 0.29) is 12.4 Å². The normalized spacial score (nSPS) is 13.1. The molecule has 0 aromatic heterocycles. The van der Waals surface area contributed by atoms with Gasteiger partial charge >= 0.3 is 0 Å². The Bertz CT molecular complexity index is 358. The fourth-order valence-electron chi connectivity index (χ4n) is 1.55. The third kappa shape index (κ3) is 4.75. The molecule has 0 fully saturated rings. The molecule has 0 bridgehead atoms. The number of hydrogen-bond acceptors (Lipinski definition) is 2. The highest BCUT2D eigenvalue weighted by Gasteiger charge is 2.10. The van der Waals surface area contributed by atoms with Gasteiger partial charge in [0.1, 0.15) is 12.4 Å². The number of rotatable bonds is 6. The minimum atomic E-state index is -2.47. The maximum Gasteiger partial charge on any atom is 0.261 e. The van der Waals surface area contributed by atoms with E-state index in [0.717, 1.165) is 5.56 Å². The molecule has 0 saturated carbocycles. The first kappa shape index (κ1) is 14.0. The molecule has 17 heavy (non-hydrogen) atoms. The van der Waals surface area contributed by atoms with Crippen molar-refractivity contribution in [3.05, 3.63) is 35.1 Å². The average Bonchev–Trinajstić information content (AvgIpc) is 2.27. The molecular weight excluding hydrogens is 231 g/mol. The first-order valence-corrected chi connectivity index (χ1v) is 5.38. The van der Waals surface area contributed by atoms with E-state index in [4.69, 9.17) is 10.5 Å². The van der Waals surface area contributed by atoms with Gasteiger partial charge in [0, 0.05) is 12.6 Å². The molecular formula is C12H16F3NO. The van der Waals surface area contributed by atoms with Crippen molar-refractivity contribution in [2.24, 2.45) is 5.73 Å². The number of halogens is 3. The molecule has 96 valence electrons. The zero-order chi connectivity index (χ0) is 12.8. The molecule has 0 aliphatic carbocycles. The zero-order valence-corrected chi connectivity index (χ0v) is 9.63. The van der Waals surface area contributed by atoms with Gasteiger partial charge in [0.25, 0.3) is 6.43 Å². The Balaban J connectivity index is 2.46. The fourth-order valence-corrected chi connectivity index (χ4v) is 1.55. The second kappa shape index (κ2) is 6.61. The second-order valence-corrected chi connectivity index (χ2v) is 3.86. The minimum Gasteiger partial charge on any atom is -0.375 e. The number of aryl methyl sites for hydroxylation is 1. The Hall–Kier alpha value is -1.07. The Morgan fingerprint density at radius 1 is 1.35 bits per heavy atom. The number of alkyl halides is 2. The fraction of sp³-hybridized carbons (Fsp3) is 0.500. The lowest BCUT2D eigenvalue weighted by atomic mass is 10.00. The van der Waals surface area contributed by atoms with E-state index in [1.54, 1.807) is 6.07 Å². The summed E-state index contributed by atoms with van der Waals surface area (Å²) in [7, 11) is 0. The maximum atomic E-state index is 13.0. The van der Waals surface area contributed by atoms with E-state index < -0.39 is 19.1 Å². The van der Waals surface area contributed by atoms with Crippen LogP contribution in [0.1, 0.15) is 23.6 Å². The van der Waals surface area contributed by atoms with Crippen molar-refractivity contribution in [1.82, 2.24) is 0 Å². The van der Waals surface area contributed by atoms with Crippen LogP contribution >= 0.6 is 0 Å². The lowest BCUT2D eigenvalue weighted by Gasteiger charge is -2.14. The van der Waals surface area contributed by atoms with Crippen molar-refractivity contribution in [3.8, 4) is 0 Å². The number of hydrogen-bond donors (Lipinski definition) is 1. The molecule has 2 N–H and O–H groups in total. The standard InChI is InChI=1S/C12H16F3NO/c1-8-2-3-9(13)6-10(8)11(16)4-5-17-7-12(14)15/h2-3,6,11-12H,4-5,7,16H2,1H3. The van der Waals surface area contributed by atoms with Gasteiger partial charge in [0.15, 0.2) is 0 Å². The highest BCUT2D eigenvalue weighted by molar-refractivity contribution is 5.29. The number of nitrogens with two attached hydrogens (primary N) is 1. The molecule has 0 aliphatic rings. The predicted molar refractivity (Wildman–Crippen MR) is 59.5 cm³/mol. The summed E-state index contributed by atoms with van der Waals surface area (Å²) in [5.41, 5.74) is 7.42. The van der Waals surface area contributed by atoms with Crippen LogP contribution in [-0.4, -0.2) is 19.6 Å². The highest BCUT2D eigenvalue weighted by Crippen LogP contribution is 2.19. The van der Waals surface area contributed by atoms with Gasteiger partial charge in [-0.15, -0.1) is 0 Å². The molecule has 1 rings (SSSR count). The van der Waals surface area contributed by atoms with Crippen molar-refractivity contribution in [2.75, 3.05) is 13.2 Å². The molecule has 2 nitrogen and oxygen atoms in total. The van der Waals surface area contributed by atoms with E-state index in [2.05, 4.69) is 0 Å². The molecule has 1 atom stereocenters. The van der Waals surface area contributed by atoms with Crippen molar-refractivity contribution in [1.29, 1.82) is 0 Å². The highest BCUT2D eigenvalue weighted by atomic mass is 19.3. The quantitative estimate of drug-likeness (QED) is 0.784. The van der Waals surface area contributed by atoms with Gasteiger partial charge < -0.3 is 10.5 Å². The van der Waals surface area contributed by atoms with Crippen molar-refractivity contribution in [2.45, 2.75) is 25.8 Å². The first-order chi connectivity index (χ1) is 8.00. The molecule has 0 saturated heterocycles. The van der Waals surface area contributed by atoms with Crippen molar-refractivity contribution >= 4 is 0 Å². The van der Waals surface area contributed by atoms with Crippen LogP contribution in [0.3, 0.4) is 0 Å². The van der Waals surface area contributed by atoms with Gasteiger partial charge in [0.2, 0.25) is 0 Å². The first-order valence-electron chi connectivity index (χ1n) is 5.38. The maximum absolute atomic E-state index is 13.0. The average molecular weight is 247 g/mol. The van der Waals surface area contributed by atoms with Gasteiger partial charge in [-0.05, 0) is 36.6 Å². The van der Waals surface area contributed by atoms with Gasteiger partial charge in [-0.3, -0.25) is 0 Å². The van der Waals surface area contributed by atoms with Gasteiger partial charge in [0.05, 0.1) is 0 Å². The van der Waals surface area contributed by atoms with E-state index >= 15 is 0 Å². The second-order valence-electron chi connectivity index (χ2n) is 3.86. The van der Waals surface area contributed by atoms with Crippen LogP contribution < -0.4 is 5.73 Å². The topological polar surface area (TPSA) is 35.2 Å². The lowest BCUT2D eigenvalue weighted by Crippen LogP contribution is -2.16. The van der Waals surface area contributed by atoms with E-state index in [9.17, 15) is 13.2 Å². The van der Waals surface area contributed by atoms with Gasteiger partial charge in [-0.1, -0.05) is 6.07 Å². The Morgan fingerprint density at radius 2 is 2.06 bits per heavy atom. The summed E-state index contributed by atoms with van der Waals surface area (Å²) in [4.78, 5) is 0. The zero-order valence-electron chi connectivity index (χ0n) is 9.63. The summed E-state index contributed by atoms with van der Waals surface area (Å²) in [6.45, 7) is 1.38. The van der Waals surface area contributed by atoms with Crippen LogP contribution in [0.4, 0.5) is 13.2 Å². The minimum absolute atomic E-state index is 0.140. The smallest absolute Gasteiger partial charge is 0.261 e. The van der Waals surface area contributed by atoms with Crippen LogP contribution in [0.25, 0.3) is 0 Å². The summed E-state index contributed by atoms with van der Waals surface area (Å²) in [6, 6.07) is 3.97. The van der Waals surface area contributed by atoms with E-state index in [1.165, 1.54) is 12.1 Å². The number of benzene rings is 1. The summed E-state index contributed by atoms with van der Waals surface area (Å²) < 4.78 is 41.3. The predicted octanol–water partition coefficient (Wildman–Crippen LogP) is 2.81. The summed E-state index contributed by atoms with van der Waals surface area (Å²) in [5.74, 6) is -0.352. The molecule has 0 spiro atoms. The van der Waals surface area contributed by atoms with Crippen LogP contribution in [-0.2, 0) is 4.74 Å². The SMILES string of the molecule is Cc1ccc(F)cc1C(N)CCOCC(F)F. The molecule has 5 heteroatoms. The number of ether oxygens (including phenoxy) is 1. The van der Waals surface area contributed by atoms with E-state index in [0.29, 0.717) is 12.0 Å². The molecule has 0 amide bonds. The Labute approximate surface area is 98.6 Å². The molecule has 1 unspecified atom stereocenters. The Morgan fingerprint density at radius 3 is 2.71 bits per heavy atom. The third-order valence-electron chi connectivity index (χ3n) is 2.46. The van der Waals surface area contributed by atoms with Gasteiger partial charge in [-0.2, -0.15) is 0 Å². The summed E-state index contributed by atoms with van der Waals surface area (Å²) in [5, 5.41) is 0. The van der Waals surface area contributed by atoms with Crippen LogP contribution in [0.15, 0.2) is 18.2 Å². The van der Waals surface area contributed by atoms with Crippen LogP contribution in [0.2, 0.25) is 0 Å². The molecule has 0 heterocycles. The lowest BCUT2D eigenvalue weighted by molar-refractivity contribution is 0.0152. The van der Waals surface area contributed by atoms with Crippen LogP contribution in [0.5, 0.6) is 0 Å². The van der Waals surface area contributed by atoms with E-state index in [1.807, 2.05) is 6.92 Å². The largest absolute Gasteiger partial charge is 0.375 e. The molecule has 1 aromatic rings. The summed E-state index contributed by atoms with van der Waals surface area (Å²) >= 11 is 0. The monoisotopic (exact) mass is 247 g/mol. The molecule has 0 radical (unpaired) electrons.